The Morgan fingerprint density at radius 2 is 2.83 bits per heavy atom. The number of rotatable bonds is 0. The number of nitrogens with one attached hydrogen (secondary N) is 2. The molecular formula is C3H4N2S. The molecule has 3 heteroatoms. The van der Waals surface area contributed by atoms with E-state index in [9.17, 15) is 0 Å². The minimum atomic E-state index is 0.556. The lowest BCUT2D eigenvalue weighted by Crippen LogP contribution is -2.10. The Labute approximate surface area is 40.8 Å². The van der Waals surface area contributed by atoms with Crippen LogP contribution in [0.25, 0.3) is 0 Å². The molecule has 0 bridgehead atoms. The quantitative estimate of drug-likeness (QED) is 0.459. The first kappa shape index (κ1) is 3.99. The van der Waals surface area contributed by atoms with Crippen LogP contribution in [-0.4, -0.2) is 11.6 Å². The molecule has 0 aromatic heterocycles. The normalized spacial score (nSPS) is 21.0. The Kier molecular flexibility index (Phi) is 1.01. The molecule has 0 saturated carbocycles. The van der Waals surface area contributed by atoms with E-state index >= 15 is 0 Å². The van der Waals surface area contributed by atoms with Gasteiger partial charge < -0.3 is 5.32 Å². The van der Waals surface area contributed by atoms with E-state index in [1.165, 1.54) is 11.8 Å². The molecule has 0 atom stereocenters. The molecule has 2 radical (unpaired) electrons. The van der Waals surface area contributed by atoms with Crippen LogP contribution in [0.4, 0.5) is 0 Å². The van der Waals surface area contributed by atoms with Crippen LogP contribution in [0.15, 0.2) is 0 Å². The van der Waals surface area contributed by atoms with Crippen LogP contribution in [0.3, 0.4) is 0 Å². The standard InChI is InChI=1S/C3H4N2S/c4-3-1-6-2-5-3/h1H2,(H2,4,5). The molecule has 0 aromatic rings. The van der Waals surface area contributed by atoms with Gasteiger partial charge in [0.25, 0.3) is 0 Å². The van der Waals surface area contributed by atoms with Crippen LogP contribution < -0.4 is 5.32 Å². The molecule has 1 aliphatic rings. The van der Waals surface area contributed by atoms with Crippen molar-refractivity contribution in [2.45, 2.75) is 0 Å². The molecule has 0 amide bonds. The highest BCUT2D eigenvalue weighted by atomic mass is 32.2. The van der Waals surface area contributed by atoms with Crippen LogP contribution in [0.2, 0.25) is 0 Å². The van der Waals surface area contributed by atoms with E-state index in [1.54, 1.807) is 0 Å². The van der Waals surface area contributed by atoms with E-state index in [2.05, 4.69) is 11.2 Å². The van der Waals surface area contributed by atoms with Crippen molar-refractivity contribution >= 4 is 17.6 Å². The Morgan fingerprint density at radius 3 is 3.00 bits per heavy atom. The van der Waals surface area contributed by atoms with Crippen molar-refractivity contribution in [2.75, 3.05) is 5.75 Å². The minimum Gasteiger partial charge on any atom is -0.353 e. The Bertz CT molecular complexity index is 63.2. The van der Waals surface area contributed by atoms with Crippen LogP contribution in [0, 0.1) is 11.3 Å². The lowest BCUT2D eigenvalue weighted by molar-refractivity contribution is 1.22. The van der Waals surface area contributed by atoms with Gasteiger partial charge >= 0.3 is 0 Å². The molecule has 0 spiro atoms. The Balaban J connectivity index is 2.37. The van der Waals surface area contributed by atoms with Gasteiger partial charge in [-0.15, -0.1) is 11.8 Å². The topological polar surface area (TPSA) is 35.9 Å². The summed E-state index contributed by atoms with van der Waals surface area (Å²) in [5.41, 5.74) is 0. The molecule has 1 heterocycles. The summed E-state index contributed by atoms with van der Waals surface area (Å²) >= 11 is 1.50. The van der Waals surface area contributed by atoms with E-state index in [0.29, 0.717) is 5.84 Å². The van der Waals surface area contributed by atoms with E-state index in [-0.39, 0.29) is 0 Å². The smallest absolute Gasteiger partial charge is 0.157 e. The summed E-state index contributed by atoms with van der Waals surface area (Å²) in [7, 11) is 0. The van der Waals surface area contributed by atoms with Gasteiger partial charge in [0, 0.05) is 0 Å². The maximum Gasteiger partial charge on any atom is 0.157 e. The molecule has 1 rings (SSSR count). The zero-order chi connectivity index (χ0) is 4.41. The summed E-state index contributed by atoms with van der Waals surface area (Å²) in [5.74, 6) is 4.03. The molecule has 0 unspecified atom stereocenters. The fourth-order valence-corrected chi connectivity index (χ4v) is 0.726. The van der Waals surface area contributed by atoms with Crippen LogP contribution >= 0.6 is 11.8 Å². The van der Waals surface area contributed by atoms with Crippen molar-refractivity contribution < 1.29 is 0 Å². The van der Waals surface area contributed by atoms with Crippen LogP contribution in [0.1, 0.15) is 0 Å². The third-order valence-electron chi connectivity index (χ3n) is 0.491. The number of hydrogen-bond donors (Lipinski definition) is 2. The number of thioether (sulfide) groups is 1. The SMILES string of the molecule is N=C1CS[C]N1. The lowest BCUT2D eigenvalue weighted by atomic mass is 10.7. The second kappa shape index (κ2) is 1.51. The Morgan fingerprint density at radius 1 is 2.00 bits per heavy atom. The van der Waals surface area contributed by atoms with Gasteiger partial charge in [-0.05, 0) is 0 Å². The summed E-state index contributed by atoms with van der Waals surface area (Å²) < 4.78 is 0. The largest absolute Gasteiger partial charge is 0.353 e. The summed E-state index contributed by atoms with van der Waals surface area (Å²) in [5, 5.41) is 9.47. The van der Waals surface area contributed by atoms with Crippen molar-refractivity contribution in [3.63, 3.8) is 0 Å². The van der Waals surface area contributed by atoms with Gasteiger partial charge in [-0.3, -0.25) is 5.41 Å². The van der Waals surface area contributed by atoms with E-state index in [0.717, 1.165) is 5.75 Å². The van der Waals surface area contributed by atoms with Gasteiger partial charge in [0.15, 0.2) is 5.88 Å². The minimum absolute atomic E-state index is 0.556. The highest BCUT2D eigenvalue weighted by molar-refractivity contribution is 8.02. The molecule has 6 heavy (non-hydrogen) atoms. The zero-order valence-corrected chi connectivity index (χ0v) is 3.93. The first-order valence-electron chi connectivity index (χ1n) is 1.60. The van der Waals surface area contributed by atoms with Gasteiger partial charge in [0.05, 0.1) is 5.75 Å². The molecule has 1 aliphatic heterocycles. The van der Waals surface area contributed by atoms with E-state index < -0.39 is 0 Å². The lowest BCUT2D eigenvalue weighted by Gasteiger charge is -1.81. The first-order valence-corrected chi connectivity index (χ1v) is 2.58. The zero-order valence-electron chi connectivity index (χ0n) is 3.12. The summed E-state index contributed by atoms with van der Waals surface area (Å²) in [4.78, 5) is 0. The molecular weight excluding hydrogens is 96.1 g/mol. The summed E-state index contributed by atoms with van der Waals surface area (Å²) in [6.45, 7) is 0. The maximum absolute atomic E-state index is 6.85. The van der Waals surface area contributed by atoms with Gasteiger partial charge in [0.1, 0.15) is 5.84 Å². The van der Waals surface area contributed by atoms with Gasteiger partial charge in [-0.1, -0.05) is 0 Å². The monoisotopic (exact) mass is 100 g/mol. The van der Waals surface area contributed by atoms with Crippen LogP contribution in [0.5, 0.6) is 0 Å². The predicted molar refractivity (Wildman–Crippen MR) is 26.6 cm³/mol. The molecule has 2 N–H and O–H groups in total. The molecule has 1 saturated heterocycles. The average molecular weight is 100 g/mol. The van der Waals surface area contributed by atoms with Crippen LogP contribution in [-0.2, 0) is 0 Å². The Hall–Kier alpha value is -0.180. The van der Waals surface area contributed by atoms with Crippen molar-refractivity contribution in [2.24, 2.45) is 0 Å². The van der Waals surface area contributed by atoms with Gasteiger partial charge in [-0.25, -0.2) is 0 Å². The number of amidine groups is 1. The third-order valence-corrected chi connectivity index (χ3v) is 1.17. The van der Waals surface area contributed by atoms with Gasteiger partial charge in [-0.2, -0.15) is 0 Å². The average Bonchev–Trinajstić information content (AvgIpc) is 1.86. The van der Waals surface area contributed by atoms with Crippen molar-refractivity contribution in [1.82, 2.24) is 5.32 Å². The third kappa shape index (κ3) is 0.653. The summed E-state index contributed by atoms with van der Waals surface area (Å²) in [6, 6.07) is 0. The highest BCUT2D eigenvalue weighted by Crippen LogP contribution is 2.07. The molecule has 2 nitrogen and oxygen atoms in total. The fourth-order valence-electron chi connectivity index (χ4n) is 0.242. The van der Waals surface area contributed by atoms with Crippen molar-refractivity contribution in [3.05, 3.63) is 5.88 Å². The molecule has 0 aliphatic carbocycles. The first-order chi connectivity index (χ1) is 2.89. The second-order valence-electron chi connectivity index (χ2n) is 0.994. The van der Waals surface area contributed by atoms with Gasteiger partial charge in [0.2, 0.25) is 0 Å². The molecule has 32 valence electrons. The fraction of sp³-hybridized carbons (Fsp3) is 0.333. The van der Waals surface area contributed by atoms with E-state index in [1.807, 2.05) is 0 Å². The number of hydrogen-bond acceptors (Lipinski definition) is 2. The molecule has 0 aromatic carbocycles. The predicted octanol–water partition coefficient (Wildman–Crippen LogP) is 0.296. The van der Waals surface area contributed by atoms with Crippen molar-refractivity contribution in [1.29, 1.82) is 5.41 Å². The van der Waals surface area contributed by atoms with E-state index in [4.69, 9.17) is 5.41 Å². The summed E-state index contributed by atoms with van der Waals surface area (Å²) in [6.07, 6.45) is 0. The highest BCUT2D eigenvalue weighted by Gasteiger charge is 2.03. The molecule has 1 fully saturated rings. The maximum atomic E-state index is 6.85. The van der Waals surface area contributed by atoms with Crippen molar-refractivity contribution in [3.8, 4) is 0 Å². The second-order valence-corrected chi connectivity index (χ2v) is 1.78.